The van der Waals surface area contributed by atoms with Crippen molar-refractivity contribution in [1.29, 1.82) is 0 Å². The first-order valence-electron chi connectivity index (χ1n) is 5.20. The van der Waals surface area contributed by atoms with Crippen LogP contribution in [0, 0.1) is 0 Å². The van der Waals surface area contributed by atoms with Crippen LogP contribution in [-0.4, -0.2) is 27.0 Å². The number of hydrogen-bond donors (Lipinski definition) is 0. The van der Waals surface area contributed by atoms with Crippen LogP contribution < -0.4 is 0 Å². The van der Waals surface area contributed by atoms with E-state index in [4.69, 9.17) is 4.43 Å². The quantitative estimate of drug-likeness (QED) is 0.681. The third kappa shape index (κ3) is 3.64. The lowest BCUT2D eigenvalue weighted by molar-refractivity contribution is 0.0160. The molecule has 88 valence electrons. The Labute approximate surface area is 89.4 Å². The van der Waals surface area contributed by atoms with E-state index in [1.165, 1.54) is 0 Å². The molecule has 0 aliphatic carbocycles. The Morgan fingerprint density at radius 2 is 2.20 bits per heavy atom. The zero-order chi connectivity index (χ0) is 11.5. The van der Waals surface area contributed by atoms with Crippen LogP contribution in [0.1, 0.15) is 19.3 Å². The van der Waals surface area contributed by atoms with E-state index in [2.05, 4.69) is 6.58 Å². The van der Waals surface area contributed by atoms with Gasteiger partial charge in [0, 0.05) is 12.5 Å². The maximum atomic E-state index is 12.8. The van der Waals surface area contributed by atoms with Crippen LogP contribution in [-0.2, 0) is 4.43 Å². The third-order valence-electron chi connectivity index (χ3n) is 2.83. The van der Waals surface area contributed by atoms with Crippen molar-refractivity contribution in [3.05, 3.63) is 12.3 Å². The number of rotatable bonds is 4. The first-order chi connectivity index (χ1) is 6.97. The van der Waals surface area contributed by atoms with Gasteiger partial charge in [0.15, 0.2) is 6.17 Å². The molecule has 0 spiro atoms. The van der Waals surface area contributed by atoms with Gasteiger partial charge in [-0.2, -0.15) is 0 Å². The van der Waals surface area contributed by atoms with Gasteiger partial charge in [-0.3, -0.25) is 0 Å². The van der Waals surface area contributed by atoms with E-state index in [-0.39, 0.29) is 12.5 Å². The second-order valence-electron chi connectivity index (χ2n) is 4.24. The molecule has 0 aromatic carbocycles. The average Bonchev–Trinajstić information content (AvgIpc) is 2.18. The average molecular weight is 238 g/mol. The molecule has 0 N–H and O–H groups in total. The van der Waals surface area contributed by atoms with E-state index in [9.17, 15) is 13.2 Å². The summed E-state index contributed by atoms with van der Waals surface area (Å²) in [6.45, 7) is 5.69. The van der Waals surface area contributed by atoms with E-state index in [1.807, 2.05) is 6.55 Å². The summed E-state index contributed by atoms with van der Waals surface area (Å²) in [6.07, 6.45) is -3.88. The van der Waals surface area contributed by atoms with Crippen molar-refractivity contribution in [2.75, 3.05) is 0 Å². The summed E-state index contributed by atoms with van der Waals surface area (Å²) in [5.74, 6) is 0. The predicted octanol–water partition coefficient (Wildman–Crippen LogP) is 3.46. The first-order valence-corrected chi connectivity index (χ1v) is 7.90. The Kier molecular flexibility index (Phi) is 4.40. The van der Waals surface area contributed by atoms with Crippen LogP contribution in [0.5, 0.6) is 0 Å². The topological polar surface area (TPSA) is 9.23 Å². The summed E-state index contributed by atoms with van der Waals surface area (Å²) in [5, 5.41) is 0. The summed E-state index contributed by atoms with van der Waals surface area (Å²) in [5.41, 5.74) is 1.80. The van der Waals surface area contributed by atoms with Gasteiger partial charge in [0.25, 0.3) is 6.43 Å². The molecule has 3 unspecified atom stereocenters. The van der Waals surface area contributed by atoms with Gasteiger partial charge in [0.1, 0.15) is 0 Å². The highest BCUT2D eigenvalue weighted by Crippen LogP contribution is 2.30. The maximum Gasteiger partial charge on any atom is 0.269 e. The van der Waals surface area contributed by atoms with Crippen molar-refractivity contribution in [2.24, 2.45) is 0 Å². The fraction of sp³-hybridized carbons (Fsp3) is 0.800. The molecule has 0 amide bonds. The van der Waals surface area contributed by atoms with Gasteiger partial charge in [-0.1, -0.05) is 12.1 Å². The van der Waals surface area contributed by atoms with Gasteiger partial charge in [-0.15, -0.1) is 6.58 Å². The van der Waals surface area contributed by atoms with Crippen LogP contribution in [0.4, 0.5) is 13.2 Å². The molecule has 1 saturated heterocycles. The molecule has 3 atom stereocenters. The van der Waals surface area contributed by atoms with E-state index in [1.54, 1.807) is 5.70 Å². The van der Waals surface area contributed by atoms with Crippen molar-refractivity contribution in [3.8, 4) is 0 Å². The molecular formula is C10H17F3OSi. The highest BCUT2D eigenvalue weighted by atomic mass is 28.4. The summed E-state index contributed by atoms with van der Waals surface area (Å²) in [6, 6.07) is 0.957. The fourth-order valence-corrected chi connectivity index (χ4v) is 4.15. The Morgan fingerprint density at radius 1 is 1.53 bits per heavy atom. The van der Waals surface area contributed by atoms with Crippen molar-refractivity contribution in [1.82, 2.24) is 0 Å². The van der Waals surface area contributed by atoms with E-state index >= 15 is 0 Å². The van der Waals surface area contributed by atoms with Gasteiger partial charge in [0.05, 0.1) is 0 Å². The molecule has 0 radical (unpaired) electrons. The molecule has 0 aromatic heterocycles. The third-order valence-corrected chi connectivity index (χ3v) is 5.91. The highest BCUT2D eigenvalue weighted by Gasteiger charge is 2.35. The molecule has 1 aliphatic heterocycles. The number of alkyl halides is 3. The van der Waals surface area contributed by atoms with Gasteiger partial charge in [-0.25, -0.2) is 13.2 Å². The van der Waals surface area contributed by atoms with Crippen LogP contribution >= 0.6 is 0 Å². The normalized spacial score (nSPS) is 34.1. The Bertz CT molecular complexity index is 225. The second-order valence-corrected chi connectivity index (χ2v) is 8.00. The zero-order valence-electron chi connectivity index (χ0n) is 8.89. The lowest BCUT2D eigenvalue weighted by Gasteiger charge is -2.35. The number of hydrogen-bond acceptors (Lipinski definition) is 1. The molecule has 1 rings (SSSR count). The van der Waals surface area contributed by atoms with E-state index < -0.39 is 20.9 Å². The molecule has 0 bridgehead atoms. The molecule has 1 fully saturated rings. The van der Waals surface area contributed by atoms with Gasteiger partial charge >= 0.3 is 0 Å². The summed E-state index contributed by atoms with van der Waals surface area (Å²) in [4.78, 5) is 0. The monoisotopic (exact) mass is 238 g/mol. The van der Waals surface area contributed by atoms with Gasteiger partial charge in [-0.05, 0) is 19.0 Å². The largest absolute Gasteiger partial charge is 0.410 e. The Hall–Kier alpha value is -0.293. The maximum absolute atomic E-state index is 12.8. The van der Waals surface area contributed by atoms with Crippen molar-refractivity contribution in [2.45, 2.75) is 50.6 Å². The van der Waals surface area contributed by atoms with Crippen LogP contribution in [0.3, 0.4) is 0 Å². The van der Waals surface area contributed by atoms with Crippen molar-refractivity contribution < 1.29 is 17.6 Å². The second kappa shape index (κ2) is 5.16. The van der Waals surface area contributed by atoms with Crippen LogP contribution in [0.25, 0.3) is 0 Å². The molecular weight excluding hydrogens is 221 g/mol. The molecule has 1 nitrogen and oxygen atoms in total. The van der Waals surface area contributed by atoms with Crippen molar-refractivity contribution >= 4 is 8.32 Å². The minimum atomic E-state index is -2.90. The summed E-state index contributed by atoms with van der Waals surface area (Å²) in [7, 11) is -1.92. The van der Waals surface area contributed by atoms with Gasteiger partial charge < -0.3 is 4.43 Å². The molecule has 5 heteroatoms. The summed E-state index contributed by atoms with van der Waals surface area (Å²) >= 11 is 0. The first kappa shape index (κ1) is 12.8. The Balaban J connectivity index is 2.46. The Morgan fingerprint density at radius 3 is 2.73 bits per heavy atom. The van der Waals surface area contributed by atoms with Crippen LogP contribution in [0.2, 0.25) is 12.6 Å². The van der Waals surface area contributed by atoms with Crippen LogP contribution in [0.15, 0.2) is 12.3 Å². The van der Waals surface area contributed by atoms with Gasteiger partial charge in [0.2, 0.25) is 8.32 Å². The molecule has 1 heterocycles. The van der Waals surface area contributed by atoms with Crippen molar-refractivity contribution in [3.63, 3.8) is 0 Å². The molecule has 0 aromatic rings. The number of halogens is 3. The summed E-state index contributed by atoms with van der Waals surface area (Å²) < 4.78 is 42.6. The standard InChI is InChI=1S/C10H17F3OSi/c1-3-15(2)6-4-5-8(14-15)7-9(11)10(12)13/h3,8-10H,1,4-7H2,2H3. The van der Waals surface area contributed by atoms with E-state index in [0.29, 0.717) is 6.42 Å². The lowest BCUT2D eigenvalue weighted by atomic mass is 10.1. The minimum Gasteiger partial charge on any atom is -0.410 e. The predicted molar refractivity (Wildman–Crippen MR) is 56.2 cm³/mol. The molecule has 15 heavy (non-hydrogen) atoms. The molecule has 1 aliphatic rings. The minimum absolute atomic E-state index is 0.186. The molecule has 0 saturated carbocycles. The van der Waals surface area contributed by atoms with E-state index in [0.717, 1.165) is 12.5 Å². The lowest BCUT2D eigenvalue weighted by Crippen LogP contribution is -2.42. The zero-order valence-corrected chi connectivity index (χ0v) is 9.89. The smallest absolute Gasteiger partial charge is 0.269 e. The SMILES string of the molecule is C=C[Si]1(C)CCCC(CC(F)C(F)F)O1. The fourth-order valence-electron chi connectivity index (χ4n) is 1.85. The highest BCUT2D eigenvalue weighted by molar-refractivity contribution is 6.77.